The number of rotatable bonds is 5. The Bertz CT molecular complexity index is 434. The van der Waals surface area contributed by atoms with Gasteiger partial charge in [0, 0.05) is 6.54 Å². The lowest BCUT2D eigenvalue weighted by atomic mass is 10.2. The minimum atomic E-state index is -0.391. The summed E-state index contributed by atoms with van der Waals surface area (Å²) in [5.41, 5.74) is 5.97. The number of nitrogens with one attached hydrogen (secondary N) is 1. The van der Waals surface area contributed by atoms with E-state index in [0.717, 1.165) is 5.56 Å². The van der Waals surface area contributed by atoms with Crippen LogP contribution in [0, 0.1) is 0 Å². The Morgan fingerprint density at radius 2 is 2.35 bits per heavy atom. The summed E-state index contributed by atoms with van der Waals surface area (Å²) < 4.78 is 15.8. The minimum absolute atomic E-state index is 0.136. The normalized spacial score (nSPS) is 12.5. The third kappa shape index (κ3) is 2.59. The van der Waals surface area contributed by atoms with Crippen LogP contribution in [0.2, 0.25) is 0 Å². The lowest BCUT2D eigenvalue weighted by Gasteiger charge is -2.08. The lowest BCUT2D eigenvalue weighted by Crippen LogP contribution is -2.28. The summed E-state index contributed by atoms with van der Waals surface area (Å²) in [5.74, 6) is 1.50. The van der Waals surface area contributed by atoms with Crippen LogP contribution in [0.25, 0.3) is 0 Å². The van der Waals surface area contributed by atoms with Crippen LogP contribution < -0.4 is 25.3 Å². The summed E-state index contributed by atoms with van der Waals surface area (Å²) in [4.78, 5) is 10.6. The molecule has 1 aromatic carbocycles. The zero-order valence-corrected chi connectivity index (χ0v) is 9.49. The van der Waals surface area contributed by atoms with E-state index >= 15 is 0 Å². The quantitative estimate of drug-likeness (QED) is 0.754. The topological polar surface area (TPSA) is 82.8 Å². The summed E-state index contributed by atoms with van der Waals surface area (Å²) in [5, 5.41) is 2.92. The number of carbonyl (C=O) groups is 1. The number of carbonyl (C=O) groups excluding carboxylic acids is 1. The van der Waals surface area contributed by atoms with Gasteiger partial charge >= 0.3 is 0 Å². The molecule has 0 aromatic heterocycles. The summed E-state index contributed by atoms with van der Waals surface area (Å²) >= 11 is 0. The van der Waals surface area contributed by atoms with Gasteiger partial charge in [-0.25, -0.2) is 0 Å². The van der Waals surface area contributed by atoms with E-state index in [-0.39, 0.29) is 13.3 Å². The summed E-state index contributed by atoms with van der Waals surface area (Å²) in [6.07, 6.45) is 0. The number of ether oxygens (including phenoxy) is 3. The molecule has 0 saturated heterocycles. The average Bonchev–Trinajstić information content (AvgIpc) is 2.75. The van der Waals surface area contributed by atoms with E-state index in [2.05, 4.69) is 5.32 Å². The van der Waals surface area contributed by atoms with Crippen molar-refractivity contribution < 1.29 is 19.0 Å². The Morgan fingerprint density at radius 3 is 3.06 bits per heavy atom. The second kappa shape index (κ2) is 4.92. The molecule has 1 heterocycles. The molecule has 6 nitrogen and oxygen atoms in total. The molecule has 0 aliphatic carbocycles. The van der Waals surface area contributed by atoms with Gasteiger partial charge in [-0.3, -0.25) is 4.79 Å². The van der Waals surface area contributed by atoms with E-state index in [1.165, 1.54) is 0 Å². The first kappa shape index (κ1) is 11.5. The van der Waals surface area contributed by atoms with Crippen molar-refractivity contribution in [1.29, 1.82) is 0 Å². The summed E-state index contributed by atoms with van der Waals surface area (Å²) in [6, 6.07) is 3.68. The van der Waals surface area contributed by atoms with Crippen LogP contribution in [-0.2, 0) is 11.3 Å². The number of primary amides is 1. The molecule has 1 aliphatic heterocycles. The van der Waals surface area contributed by atoms with Crippen molar-refractivity contribution >= 4 is 5.91 Å². The highest BCUT2D eigenvalue weighted by molar-refractivity contribution is 5.75. The molecule has 0 saturated carbocycles. The van der Waals surface area contributed by atoms with E-state index in [1.54, 1.807) is 7.11 Å². The van der Waals surface area contributed by atoms with Crippen LogP contribution in [0.1, 0.15) is 5.56 Å². The molecular weight excluding hydrogens is 224 g/mol. The maximum Gasteiger partial charge on any atom is 0.231 e. The lowest BCUT2D eigenvalue weighted by molar-refractivity contribution is -0.117. The fourth-order valence-electron chi connectivity index (χ4n) is 1.62. The first-order valence-corrected chi connectivity index (χ1v) is 5.16. The average molecular weight is 238 g/mol. The van der Waals surface area contributed by atoms with E-state index in [0.29, 0.717) is 23.8 Å². The van der Waals surface area contributed by atoms with E-state index < -0.39 is 5.91 Å². The van der Waals surface area contributed by atoms with Crippen molar-refractivity contribution in [3.8, 4) is 17.2 Å². The standard InChI is InChI=1S/C11H14N2O4/c1-15-8-2-7(4-13-5-10(12)14)3-9-11(8)17-6-16-9/h2-3,13H,4-6H2,1H3,(H2,12,14). The van der Waals surface area contributed by atoms with Gasteiger partial charge in [-0.1, -0.05) is 0 Å². The fourth-order valence-corrected chi connectivity index (χ4v) is 1.62. The zero-order chi connectivity index (χ0) is 12.3. The van der Waals surface area contributed by atoms with Crippen LogP contribution in [0.15, 0.2) is 12.1 Å². The number of fused-ring (bicyclic) bond motifs is 1. The highest BCUT2D eigenvalue weighted by Crippen LogP contribution is 2.41. The number of hydrogen-bond donors (Lipinski definition) is 2. The molecule has 3 N–H and O–H groups in total. The van der Waals surface area contributed by atoms with Crippen LogP contribution >= 0.6 is 0 Å². The Balaban J connectivity index is 2.10. The molecule has 2 rings (SSSR count). The van der Waals surface area contributed by atoms with Gasteiger partial charge < -0.3 is 25.3 Å². The van der Waals surface area contributed by atoms with E-state index in [9.17, 15) is 4.79 Å². The van der Waals surface area contributed by atoms with Gasteiger partial charge in [0.25, 0.3) is 0 Å². The first-order chi connectivity index (χ1) is 8.20. The maximum absolute atomic E-state index is 10.6. The van der Waals surface area contributed by atoms with Crippen LogP contribution in [0.4, 0.5) is 0 Å². The smallest absolute Gasteiger partial charge is 0.231 e. The van der Waals surface area contributed by atoms with Crippen molar-refractivity contribution in [1.82, 2.24) is 5.32 Å². The van der Waals surface area contributed by atoms with Gasteiger partial charge in [0.05, 0.1) is 13.7 Å². The number of amides is 1. The molecular formula is C11H14N2O4. The molecule has 0 unspecified atom stereocenters. The van der Waals surface area contributed by atoms with Gasteiger partial charge in [0.2, 0.25) is 18.4 Å². The van der Waals surface area contributed by atoms with Gasteiger partial charge in [-0.2, -0.15) is 0 Å². The van der Waals surface area contributed by atoms with Crippen molar-refractivity contribution in [3.63, 3.8) is 0 Å². The predicted octanol–water partition coefficient (Wildman–Crippen LogP) is -0.00120. The predicted molar refractivity (Wildman–Crippen MR) is 60.0 cm³/mol. The molecule has 0 fully saturated rings. The van der Waals surface area contributed by atoms with Crippen LogP contribution in [-0.4, -0.2) is 26.4 Å². The second-order valence-electron chi connectivity index (χ2n) is 3.60. The number of hydrogen-bond acceptors (Lipinski definition) is 5. The maximum atomic E-state index is 10.6. The zero-order valence-electron chi connectivity index (χ0n) is 9.49. The number of nitrogens with two attached hydrogens (primary N) is 1. The molecule has 17 heavy (non-hydrogen) atoms. The highest BCUT2D eigenvalue weighted by atomic mass is 16.7. The molecule has 92 valence electrons. The fraction of sp³-hybridized carbons (Fsp3) is 0.364. The molecule has 0 spiro atoms. The Hall–Kier alpha value is -1.95. The first-order valence-electron chi connectivity index (χ1n) is 5.16. The highest BCUT2D eigenvalue weighted by Gasteiger charge is 2.19. The van der Waals surface area contributed by atoms with E-state index in [4.69, 9.17) is 19.9 Å². The third-order valence-corrected chi connectivity index (χ3v) is 2.35. The van der Waals surface area contributed by atoms with Crippen molar-refractivity contribution in [2.75, 3.05) is 20.4 Å². The molecule has 1 amide bonds. The SMILES string of the molecule is COc1cc(CNCC(N)=O)cc2c1OCO2. The molecule has 0 atom stereocenters. The Labute approximate surface area is 98.6 Å². The number of benzene rings is 1. The van der Waals surface area contributed by atoms with E-state index in [1.807, 2.05) is 12.1 Å². The molecule has 0 bridgehead atoms. The van der Waals surface area contributed by atoms with Crippen LogP contribution in [0.3, 0.4) is 0 Å². The van der Waals surface area contributed by atoms with Gasteiger partial charge in [0.15, 0.2) is 11.5 Å². The Kier molecular flexibility index (Phi) is 3.34. The van der Waals surface area contributed by atoms with Gasteiger partial charge in [-0.15, -0.1) is 0 Å². The molecule has 1 aromatic rings. The van der Waals surface area contributed by atoms with Crippen molar-refractivity contribution in [3.05, 3.63) is 17.7 Å². The Morgan fingerprint density at radius 1 is 1.53 bits per heavy atom. The molecule has 6 heteroatoms. The largest absolute Gasteiger partial charge is 0.493 e. The van der Waals surface area contributed by atoms with Crippen LogP contribution in [0.5, 0.6) is 17.2 Å². The van der Waals surface area contributed by atoms with Gasteiger partial charge in [-0.05, 0) is 17.7 Å². The summed E-state index contributed by atoms with van der Waals surface area (Å²) in [7, 11) is 1.57. The van der Waals surface area contributed by atoms with Crippen molar-refractivity contribution in [2.45, 2.75) is 6.54 Å². The second-order valence-corrected chi connectivity index (χ2v) is 3.60. The molecule has 1 aliphatic rings. The monoisotopic (exact) mass is 238 g/mol. The molecule has 0 radical (unpaired) electrons. The van der Waals surface area contributed by atoms with Gasteiger partial charge in [0.1, 0.15) is 0 Å². The number of methoxy groups -OCH3 is 1. The third-order valence-electron chi connectivity index (χ3n) is 2.35. The minimum Gasteiger partial charge on any atom is -0.493 e. The summed E-state index contributed by atoms with van der Waals surface area (Å²) in [6.45, 7) is 0.844. The van der Waals surface area contributed by atoms with Crippen molar-refractivity contribution in [2.24, 2.45) is 5.73 Å².